The van der Waals surface area contributed by atoms with Gasteiger partial charge < -0.3 is 20.4 Å². The molecule has 3 aliphatic heterocycles. The van der Waals surface area contributed by atoms with Crippen LogP contribution in [0.3, 0.4) is 0 Å². The number of halogens is 2. The van der Waals surface area contributed by atoms with Gasteiger partial charge in [0.2, 0.25) is 5.91 Å². The number of likely N-dealkylation sites (tertiary alicyclic amines) is 1. The van der Waals surface area contributed by atoms with Crippen molar-refractivity contribution in [1.82, 2.24) is 4.90 Å². The molecule has 0 bridgehead atoms. The van der Waals surface area contributed by atoms with Gasteiger partial charge in [-0.15, -0.1) is 0 Å². The van der Waals surface area contributed by atoms with Crippen LogP contribution in [0.5, 0.6) is 0 Å². The number of piperidine rings is 1. The molecule has 234 valence electrons. The molecular weight excluding hydrogens is 559 g/mol. The van der Waals surface area contributed by atoms with E-state index in [2.05, 4.69) is 26.5 Å². The first-order valence-corrected chi connectivity index (χ1v) is 17.5. The molecule has 6 rings (SSSR count). The Bertz CT molecular complexity index is 1260. The molecule has 0 radical (unpaired) electrons. The summed E-state index contributed by atoms with van der Waals surface area (Å²) in [7, 11) is 0. The number of carbonyl (C=O) groups is 1. The normalized spacial score (nSPS) is 23.0. The van der Waals surface area contributed by atoms with Gasteiger partial charge in [0.15, 0.2) is 0 Å². The van der Waals surface area contributed by atoms with E-state index in [1.807, 2.05) is 25.1 Å². The standard InChI is InChI=1S/C36H50ClFN4O/c1-26-12-13-31(38)32-33(26)40-34(36(32)16-6-4-2-3-5-7-17-36)35(43)39-29-23-28(37)24-30(25-29)42-21-14-27(15-22-42)11-10-20-41-18-8-9-19-41/h12-13,23-25,27,34,40H,2-11,14-22H2,1H3,(H,39,43). The molecular formula is C36H50ClFN4O. The third kappa shape index (κ3) is 6.86. The first-order chi connectivity index (χ1) is 20.9. The monoisotopic (exact) mass is 608 g/mol. The SMILES string of the molecule is Cc1ccc(F)c2c1NC(C(=O)Nc1cc(Cl)cc(N3CCC(CCCN4CCCC4)CC3)c1)C21CCCCCCCC1. The van der Waals surface area contributed by atoms with Gasteiger partial charge in [0.05, 0.1) is 0 Å². The van der Waals surface area contributed by atoms with Gasteiger partial charge in [-0.3, -0.25) is 4.79 Å². The van der Waals surface area contributed by atoms with Gasteiger partial charge in [-0.2, -0.15) is 0 Å². The number of anilines is 3. The molecule has 7 heteroatoms. The van der Waals surface area contributed by atoms with Crippen molar-refractivity contribution in [2.24, 2.45) is 5.92 Å². The number of hydrogen-bond acceptors (Lipinski definition) is 4. The highest BCUT2D eigenvalue weighted by atomic mass is 35.5. The predicted octanol–water partition coefficient (Wildman–Crippen LogP) is 8.68. The summed E-state index contributed by atoms with van der Waals surface area (Å²) < 4.78 is 15.6. The second-order valence-corrected chi connectivity index (χ2v) is 14.2. The lowest BCUT2D eigenvalue weighted by Gasteiger charge is -2.36. The van der Waals surface area contributed by atoms with Crippen LogP contribution in [0.25, 0.3) is 0 Å². The molecule has 2 aromatic rings. The van der Waals surface area contributed by atoms with Crippen LogP contribution in [-0.4, -0.2) is 49.6 Å². The molecule has 0 aromatic heterocycles. The predicted molar refractivity (Wildman–Crippen MR) is 177 cm³/mol. The zero-order chi connectivity index (χ0) is 29.8. The molecule has 1 aliphatic carbocycles. The molecule has 2 aromatic carbocycles. The van der Waals surface area contributed by atoms with Gasteiger partial charge in [0.25, 0.3) is 0 Å². The fourth-order valence-corrected chi connectivity index (χ4v) is 8.71. The Kier molecular flexibility index (Phi) is 9.83. The van der Waals surface area contributed by atoms with E-state index in [0.29, 0.717) is 10.7 Å². The summed E-state index contributed by atoms with van der Waals surface area (Å²) in [6, 6.07) is 8.83. The topological polar surface area (TPSA) is 47.6 Å². The van der Waals surface area contributed by atoms with Gasteiger partial charge in [-0.25, -0.2) is 4.39 Å². The second kappa shape index (κ2) is 13.8. The van der Waals surface area contributed by atoms with E-state index in [9.17, 15) is 4.79 Å². The Morgan fingerprint density at radius 2 is 1.67 bits per heavy atom. The highest BCUT2D eigenvalue weighted by Gasteiger charge is 2.51. The van der Waals surface area contributed by atoms with E-state index in [1.54, 1.807) is 6.07 Å². The van der Waals surface area contributed by atoms with Crippen LogP contribution >= 0.6 is 11.6 Å². The number of fused-ring (bicyclic) bond motifs is 2. The maximum atomic E-state index is 15.6. The van der Waals surface area contributed by atoms with E-state index in [4.69, 9.17) is 11.6 Å². The van der Waals surface area contributed by atoms with Crippen molar-refractivity contribution < 1.29 is 9.18 Å². The number of nitrogens with zero attached hydrogens (tertiary/aromatic N) is 2. The molecule has 1 unspecified atom stereocenters. The fourth-order valence-electron chi connectivity index (χ4n) is 8.48. The molecule has 3 heterocycles. The first kappa shape index (κ1) is 30.7. The molecule has 1 atom stereocenters. The molecule has 1 spiro atoms. The van der Waals surface area contributed by atoms with Crippen LogP contribution < -0.4 is 15.5 Å². The molecule has 1 amide bonds. The molecule has 4 aliphatic rings. The summed E-state index contributed by atoms with van der Waals surface area (Å²) in [5.41, 5.74) is 3.78. The third-order valence-corrected chi connectivity index (χ3v) is 11.1. The summed E-state index contributed by atoms with van der Waals surface area (Å²) in [5, 5.41) is 7.38. The summed E-state index contributed by atoms with van der Waals surface area (Å²) in [5.74, 6) is 0.506. The number of hydrogen-bond donors (Lipinski definition) is 2. The average Bonchev–Trinajstić information content (AvgIpc) is 3.66. The van der Waals surface area contributed by atoms with Crippen molar-refractivity contribution in [2.75, 3.05) is 48.3 Å². The van der Waals surface area contributed by atoms with Crippen LogP contribution in [0.15, 0.2) is 30.3 Å². The number of rotatable bonds is 7. The number of benzene rings is 2. The van der Waals surface area contributed by atoms with Crippen LogP contribution in [-0.2, 0) is 10.2 Å². The van der Waals surface area contributed by atoms with Crippen LogP contribution in [0.1, 0.15) is 101 Å². The van der Waals surface area contributed by atoms with Gasteiger partial charge in [0, 0.05) is 46.2 Å². The highest BCUT2D eigenvalue weighted by Crippen LogP contribution is 2.51. The Morgan fingerprint density at radius 1 is 0.977 bits per heavy atom. The summed E-state index contributed by atoms with van der Waals surface area (Å²) in [6.07, 6.45) is 16.1. The number of aryl methyl sites for hydroxylation is 1. The van der Waals surface area contributed by atoms with Gasteiger partial charge >= 0.3 is 0 Å². The smallest absolute Gasteiger partial charge is 0.247 e. The Hall–Kier alpha value is -2.31. The lowest BCUT2D eigenvalue weighted by Crippen LogP contribution is -2.47. The van der Waals surface area contributed by atoms with Crippen LogP contribution in [0.2, 0.25) is 5.02 Å². The highest BCUT2D eigenvalue weighted by molar-refractivity contribution is 6.31. The van der Waals surface area contributed by atoms with Crippen molar-refractivity contribution in [1.29, 1.82) is 0 Å². The van der Waals surface area contributed by atoms with E-state index < -0.39 is 11.5 Å². The Morgan fingerprint density at radius 3 is 2.40 bits per heavy atom. The lowest BCUT2D eigenvalue weighted by atomic mass is 9.69. The van der Waals surface area contributed by atoms with Crippen molar-refractivity contribution in [2.45, 2.75) is 108 Å². The summed E-state index contributed by atoms with van der Waals surface area (Å²) >= 11 is 6.64. The molecule has 43 heavy (non-hydrogen) atoms. The van der Waals surface area contributed by atoms with Crippen molar-refractivity contribution in [3.05, 3.63) is 52.3 Å². The maximum absolute atomic E-state index is 15.6. The van der Waals surface area contributed by atoms with Gasteiger partial charge in [-0.1, -0.05) is 56.2 Å². The number of carbonyl (C=O) groups excluding carboxylic acids is 1. The van der Waals surface area contributed by atoms with Gasteiger partial charge in [0.1, 0.15) is 11.9 Å². The number of nitrogens with one attached hydrogen (secondary N) is 2. The minimum absolute atomic E-state index is 0.0980. The molecule has 3 fully saturated rings. The van der Waals surface area contributed by atoms with E-state index in [0.717, 1.165) is 80.0 Å². The van der Waals surface area contributed by atoms with Gasteiger partial charge in [-0.05, 0) is 114 Å². The van der Waals surface area contributed by atoms with Crippen molar-refractivity contribution in [3.63, 3.8) is 0 Å². The molecule has 2 saturated heterocycles. The largest absolute Gasteiger partial charge is 0.372 e. The first-order valence-electron chi connectivity index (χ1n) is 17.1. The molecule has 5 nitrogen and oxygen atoms in total. The Labute approximate surface area is 262 Å². The summed E-state index contributed by atoms with van der Waals surface area (Å²) in [6.45, 7) is 7.87. The number of amides is 1. The molecule has 2 N–H and O–H groups in total. The zero-order valence-corrected chi connectivity index (χ0v) is 26.8. The zero-order valence-electron chi connectivity index (χ0n) is 26.0. The second-order valence-electron chi connectivity index (χ2n) is 13.8. The third-order valence-electron chi connectivity index (χ3n) is 10.9. The van der Waals surface area contributed by atoms with Crippen LogP contribution in [0, 0.1) is 18.7 Å². The summed E-state index contributed by atoms with van der Waals surface area (Å²) in [4.78, 5) is 19.2. The maximum Gasteiger partial charge on any atom is 0.247 e. The minimum Gasteiger partial charge on any atom is -0.372 e. The quantitative estimate of drug-likeness (QED) is 0.330. The van der Waals surface area contributed by atoms with Crippen molar-refractivity contribution >= 4 is 34.6 Å². The van der Waals surface area contributed by atoms with Crippen molar-refractivity contribution in [3.8, 4) is 0 Å². The fraction of sp³-hybridized carbons (Fsp3) is 0.639. The van der Waals surface area contributed by atoms with Crippen LogP contribution in [0.4, 0.5) is 21.5 Å². The van der Waals surface area contributed by atoms with E-state index in [1.165, 1.54) is 71.0 Å². The van der Waals surface area contributed by atoms with E-state index >= 15 is 4.39 Å². The minimum atomic E-state index is -0.544. The molecule has 1 saturated carbocycles. The average molecular weight is 609 g/mol. The Balaban J connectivity index is 1.14. The van der Waals surface area contributed by atoms with E-state index in [-0.39, 0.29) is 11.7 Å². The lowest BCUT2D eigenvalue weighted by molar-refractivity contribution is -0.118.